The van der Waals surface area contributed by atoms with E-state index in [1.165, 1.54) is 84.6 Å². The van der Waals surface area contributed by atoms with Crippen molar-refractivity contribution in [3.63, 3.8) is 0 Å². The first kappa shape index (κ1) is 21.3. The molecule has 2 aliphatic heterocycles. The first-order valence-corrected chi connectivity index (χ1v) is 13.1. The fourth-order valence-corrected chi connectivity index (χ4v) is 6.59. The van der Waals surface area contributed by atoms with Crippen LogP contribution >= 0.6 is 11.3 Å². The van der Waals surface area contributed by atoms with Crippen LogP contribution in [-0.4, -0.2) is 77.8 Å². The molecule has 0 amide bonds. The zero-order valence-electron chi connectivity index (χ0n) is 19.5. The summed E-state index contributed by atoms with van der Waals surface area (Å²) in [7, 11) is 2.24. The highest BCUT2D eigenvalue weighted by molar-refractivity contribution is 7.26. The van der Waals surface area contributed by atoms with Crippen molar-refractivity contribution in [3.8, 4) is 11.3 Å². The Bertz CT molecular complexity index is 1210. The highest BCUT2D eigenvalue weighted by Gasteiger charge is 2.23. The van der Waals surface area contributed by atoms with Gasteiger partial charge in [-0.15, -0.1) is 11.3 Å². The van der Waals surface area contributed by atoms with Crippen LogP contribution in [-0.2, 0) is 6.54 Å². The number of piperidine rings is 1. The van der Waals surface area contributed by atoms with Gasteiger partial charge in [0.15, 0.2) is 0 Å². The van der Waals surface area contributed by atoms with E-state index >= 15 is 0 Å². The van der Waals surface area contributed by atoms with Crippen LogP contribution in [0.1, 0.15) is 18.4 Å². The third-order valence-corrected chi connectivity index (χ3v) is 8.72. The third-order valence-electron chi connectivity index (χ3n) is 7.54. The molecule has 0 spiro atoms. The summed E-state index contributed by atoms with van der Waals surface area (Å²) in [6.45, 7) is 9.74. The van der Waals surface area contributed by atoms with E-state index in [0.29, 0.717) is 0 Å². The molecule has 2 saturated heterocycles. The summed E-state index contributed by atoms with van der Waals surface area (Å²) in [5.74, 6) is 0.871. The fraction of sp³-hybridized carbons (Fsp3) is 0.444. The highest BCUT2D eigenvalue weighted by atomic mass is 32.1. The maximum atomic E-state index is 4.65. The summed E-state index contributed by atoms with van der Waals surface area (Å²) in [6, 6.07) is 17.6. The van der Waals surface area contributed by atoms with Crippen molar-refractivity contribution in [1.82, 2.24) is 24.9 Å². The lowest BCUT2D eigenvalue weighted by Crippen LogP contribution is -2.47. The van der Waals surface area contributed by atoms with Gasteiger partial charge in [0.05, 0.1) is 10.2 Å². The van der Waals surface area contributed by atoms with Crippen molar-refractivity contribution < 1.29 is 0 Å². The minimum Gasteiger partial charge on any atom is -0.304 e. The van der Waals surface area contributed by atoms with Gasteiger partial charge in [-0.1, -0.05) is 42.5 Å². The lowest BCUT2D eigenvalue weighted by molar-refractivity contribution is 0.104. The predicted octanol–water partition coefficient (Wildman–Crippen LogP) is 4.90. The molecule has 5 nitrogen and oxygen atoms in total. The molecule has 0 radical (unpaired) electrons. The summed E-state index contributed by atoms with van der Waals surface area (Å²) in [5, 5.41) is 9.19. The number of hydrogen-bond acceptors (Lipinski definition) is 5. The third kappa shape index (κ3) is 4.45. The van der Waals surface area contributed by atoms with E-state index in [1.807, 2.05) is 11.3 Å². The molecule has 0 aliphatic carbocycles. The molecule has 2 fully saturated rings. The average molecular weight is 460 g/mol. The van der Waals surface area contributed by atoms with Crippen molar-refractivity contribution in [2.75, 3.05) is 52.9 Å². The Morgan fingerprint density at radius 1 is 0.909 bits per heavy atom. The highest BCUT2D eigenvalue weighted by Crippen LogP contribution is 2.38. The van der Waals surface area contributed by atoms with E-state index in [0.717, 1.165) is 23.7 Å². The van der Waals surface area contributed by atoms with E-state index in [9.17, 15) is 0 Å². The van der Waals surface area contributed by atoms with Gasteiger partial charge in [0, 0.05) is 54.9 Å². The first-order valence-electron chi connectivity index (χ1n) is 12.3. The molecule has 4 heterocycles. The second-order valence-corrected chi connectivity index (χ2v) is 10.9. The molecule has 0 unspecified atom stereocenters. The molecule has 6 rings (SSSR count). The Kier molecular flexibility index (Phi) is 5.93. The summed E-state index contributed by atoms with van der Waals surface area (Å²) in [6.07, 6.45) is 2.67. The molecule has 6 heteroatoms. The lowest BCUT2D eigenvalue weighted by atomic mass is 9.95. The zero-order chi connectivity index (χ0) is 22.2. The van der Waals surface area contributed by atoms with E-state index in [-0.39, 0.29) is 0 Å². The number of fused-ring (bicyclic) bond motifs is 3. The Morgan fingerprint density at radius 2 is 1.67 bits per heavy atom. The number of rotatable bonds is 5. The number of aromatic nitrogens is 2. The smallest absolute Gasteiger partial charge is 0.110 e. The number of aromatic amines is 1. The maximum absolute atomic E-state index is 4.65. The SMILES string of the molecule is CN1CCN(CC2CCN(Cc3ccc(-c4n[nH]c5c4sc4ccccc45)cc3)CC2)CC1. The van der Waals surface area contributed by atoms with Crippen molar-refractivity contribution in [2.45, 2.75) is 19.4 Å². The topological polar surface area (TPSA) is 38.4 Å². The van der Waals surface area contributed by atoms with Crippen LogP contribution in [0.25, 0.3) is 31.6 Å². The number of nitrogens with zero attached hydrogens (tertiary/aromatic N) is 4. The number of likely N-dealkylation sites (tertiary alicyclic amines) is 1. The van der Waals surface area contributed by atoms with Crippen LogP contribution < -0.4 is 0 Å². The summed E-state index contributed by atoms with van der Waals surface area (Å²) in [5.41, 5.74) is 4.83. The van der Waals surface area contributed by atoms with Gasteiger partial charge in [-0.05, 0) is 50.5 Å². The molecule has 2 aromatic heterocycles. The quantitative estimate of drug-likeness (QED) is 0.461. The predicted molar refractivity (Wildman–Crippen MR) is 139 cm³/mol. The molecule has 172 valence electrons. The number of H-pyrrole nitrogens is 1. The van der Waals surface area contributed by atoms with Crippen molar-refractivity contribution >= 4 is 31.6 Å². The summed E-state index contributed by atoms with van der Waals surface area (Å²) >= 11 is 1.83. The Balaban J connectivity index is 1.07. The molecule has 0 atom stereocenters. The van der Waals surface area contributed by atoms with Crippen LogP contribution in [0.2, 0.25) is 0 Å². The molecular weight excluding hydrogens is 426 g/mol. The minimum absolute atomic E-state index is 0.871. The van der Waals surface area contributed by atoms with Gasteiger partial charge in [0.25, 0.3) is 0 Å². The van der Waals surface area contributed by atoms with Gasteiger partial charge in [-0.25, -0.2) is 0 Å². The Labute approximate surface area is 200 Å². The molecule has 4 aromatic rings. The molecule has 33 heavy (non-hydrogen) atoms. The number of benzene rings is 2. The number of thiophene rings is 1. The average Bonchev–Trinajstić information content (AvgIpc) is 3.42. The van der Waals surface area contributed by atoms with E-state index in [2.05, 4.69) is 80.5 Å². The van der Waals surface area contributed by atoms with Crippen LogP contribution in [0.5, 0.6) is 0 Å². The van der Waals surface area contributed by atoms with E-state index in [4.69, 9.17) is 0 Å². The van der Waals surface area contributed by atoms with E-state index in [1.54, 1.807) is 0 Å². The van der Waals surface area contributed by atoms with Crippen LogP contribution in [0, 0.1) is 5.92 Å². The number of nitrogens with one attached hydrogen (secondary N) is 1. The standard InChI is InChI=1S/C27H33N5S/c1-30-14-16-32(17-15-30)19-21-10-12-31(13-11-21)18-20-6-8-22(9-7-20)25-27-26(29-28-25)23-4-2-3-5-24(23)33-27/h2-9,21H,10-19H2,1H3,(H,28,29). The zero-order valence-corrected chi connectivity index (χ0v) is 20.3. The van der Waals surface area contributed by atoms with Gasteiger partial charge >= 0.3 is 0 Å². The molecule has 0 bridgehead atoms. The monoisotopic (exact) mass is 459 g/mol. The second kappa shape index (κ2) is 9.18. The van der Waals surface area contributed by atoms with Gasteiger partial charge in [-0.3, -0.25) is 10.00 Å². The molecule has 0 saturated carbocycles. The Morgan fingerprint density at radius 3 is 2.45 bits per heavy atom. The fourth-order valence-electron chi connectivity index (χ4n) is 5.43. The van der Waals surface area contributed by atoms with Crippen LogP contribution in [0.4, 0.5) is 0 Å². The van der Waals surface area contributed by atoms with Crippen LogP contribution in [0.15, 0.2) is 48.5 Å². The molecular formula is C27H33N5S. The number of piperazine rings is 1. The summed E-state index contributed by atoms with van der Waals surface area (Å²) < 4.78 is 2.57. The minimum atomic E-state index is 0.871. The van der Waals surface area contributed by atoms with Gasteiger partial charge in [0.1, 0.15) is 5.69 Å². The summed E-state index contributed by atoms with van der Waals surface area (Å²) in [4.78, 5) is 7.76. The number of hydrogen-bond donors (Lipinski definition) is 1. The lowest BCUT2D eigenvalue weighted by Gasteiger charge is -2.38. The maximum Gasteiger partial charge on any atom is 0.110 e. The first-order chi connectivity index (χ1) is 16.2. The van der Waals surface area contributed by atoms with Crippen molar-refractivity contribution in [2.24, 2.45) is 5.92 Å². The normalized spacial score (nSPS) is 19.7. The van der Waals surface area contributed by atoms with Gasteiger partial charge in [0.2, 0.25) is 0 Å². The van der Waals surface area contributed by atoms with Crippen LogP contribution in [0.3, 0.4) is 0 Å². The number of likely N-dealkylation sites (N-methyl/N-ethyl adjacent to an activating group) is 1. The molecule has 2 aromatic carbocycles. The molecule has 1 N–H and O–H groups in total. The van der Waals surface area contributed by atoms with Gasteiger partial charge < -0.3 is 9.80 Å². The molecule has 2 aliphatic rings. The second-order valence-electron chi connectivity index (χ2n) is 9.89. The van der Waals surface area contributed by atoms with Crippen molar-refractivity contribution in [3.05, 3.63) is 54.1 Å². The Hall–Kier alpha value is -2.25. The largest absolute Gasteiger partial charge is 0.304 e. The van der Waals surface area contributed by atoms with Crippen molar-refractivity contribution in [1.29, 1.82) is 0 Å². The van der Waals surface area contributed by atoms with Gasteiger partial charge in [-0.2, -0.15) is 5.10 Å². The van der Waals surface area contributed by atoms with E-state index < -0.39 is 0 Å².